The third-order valence-corrected chi connectivity index (χ3v) is 3.49. The van der Waals surface area contributed by atoms with Crippen LogP contribution in [-0.2, 0) is 0 Å². The minimum Gasteiger partial charge on any atom is -0.385 e. The van der Waals surface area contributed by atoms with E-state index in [9.17, 15) is 0 Å². The minimum absolute atomic E-state index is 0.762. The molecule has 19 heavy (non-hydrogen) atoms. The molecule has 4 heteroatoms. The van der Waals surface area contributed by atoms with Crippen molar-refractivity contribution in [3.05, 3.63) is 48.8 Å². The standard InChI is InChI=1S/C15H18N4/c1-2-4-13(5-3-1)12-16-14-6-8-15(9-7-14)19-17-10-11-18-19/h1-2,6-11,13,16H,3-5,12H2. The van der Waals surface area contributed by atoms with Gasteiger partial charge in [-0.3, -0.25) is 0 Å². The first kappa shape index (κ1) is 12.0. The fourth-order valence-corrected chi connectivity index (χ4v) is 2.37. The molecule has 98 valence electrons. The molecule has 1 heterocycles. The Morgan fingerprint density at radius 3 is 2.58 bits per heavy atom. The second-order valence-electron chi connectivity index (χ2n) is 4.90. The molecule has 1 aromatic carbocycles. The predicted octanol–water partition coefficient (Wildman–Crippen LogP) is 3.04. The summed E-state index contributed by atoms with van der Waals surface area (Å²) in [5, 5.41) is 11.7. The van der Waals surface area contributed by atoms with Crippen LogP contribution in [0.3, 0.4) is 0 Å². The Labute approximate surface area is 113 Å². The zero-order chi connectivity index (χ0) is 12.9. The van der Waals surface area contributed by atoms with Crippen LogP contribution in [-0.4, -0.2) is 21.5 Å². The molecule has 4 nitrogen and oxygen atoms in total. The lowest BCUT2D eigenvalue weighted by molar-refractivity contribution is 0.504. The van der Waals surface area contributed by atoms with Gasteiger partial charge in [-0.25, -0.2) is 0 Å². The zero-order valence-electron chi connectivity index (χ0n) is 10.9. The highest BCUT2D eigenvalue weighted by atomic mass is 15.5. The van der Waals surface area contributed by atoms with Crippen LogP contribution in [0.4, 0.5) is 5.69 Å². The zero-order valence-corrected chi connectivity index (χ0v) is 10.9. The molecular formula is C15H18N4. The van der Waals surface area contributed by atoms with Crippen LogP contribution in [0.25, 0.3) is 5.69 Å². The number of nitrogens with one attached hydrogen (secondary N) is 1. The number of rotatable bonds is 4. The maximum Gasteiger partial charge on any atom is 0.0858 e. The molecule has 0 saturated heterocycles. The molecule has 2 aromatic rings. The molecule has 0 bridgehead atoms. The van der Waals surface area contributed by atoms with E-state index in [0.717, 1.165) is 23.8 Å². The van der Waals surface area contributed by atoms with E-state index in [1.165, 1.54) is 19.3 Å². The second-order valence-corrected chi connectivity index (χ2v) is 4.90. The van der Waals surface area contributed by atoms with Crippen LogP contribution < -0.4 is 5.32 Å². The lowest BCUT2D eigenvalue weighted by Gasteiger charge is -2.18. The lowest BCUT2D eigenvalue weighted by atomic mass is 9.94. The van der Waals surface area contributed by atoms with Gasteiger partial charge in [-0.15, -0.1) is 0 Å². The molecule has 0 saturated carbocycles. The number of aromatic nitrogens is 3. The van der Waals surface area contributed by atoms with Crippen molar-refractivity contribution in [2.45, 2.75) is 19.3 Å². The van der Waals surface area contributed by atoms with Gasteiger partial charge >= 0.3 is 0 Å². The van der Waals surface area contributed by atoms with Crippen molar-refractivity contribution in [2.75, 3.05) is 11.9 Å². The SMILES string of the molecule is C1=CCC(CNc2ccc(-n3nccn3)cc2)CC1. The van der Waals surface area contributed by atoms with Gasteiger partial charge in [-0.05, 0) is 49.4 Å². The molecule has 3 rings (SSSR count). The van der Waals surface area contributed by atoms with E-state index in [4.69, 9.17) is 0 Å². The molecule has 1 aliphatic carbocycles. The van der Waals surface area contributed by atoms with Gasteiger partial charge < -0.3 is 5.32 Å². The van der Waals surface area contributed by atoms with Crippen molar-refractivity contribution < 1.29 is 0 Å². The molecule has 0 aliphatic heterocycles. The summed E-state index contributed by atoms with van der Waals surface area (Å²) in [6, 6.07) is 8.22. The van der Waals surface area contributed by atoms with Gasteiger partial charge in [-0.1, -0.05) is 12.2 Å². The third-order valence-electron chi connectivity index (χ3n) is 3.49. The summed E-state index contributed by atoms with van der Waals surface area (Å²) in [6.45, 7) is 1.05. The molecule has 0 fully saturated rings. The van der Waals surface area contributed by atoms with Crippen molar-refractivity contribution >= 4 is 5.69 Å². The van der Waals surface area contributed by atoms with E-state index in [-0.39, 0.29) is 0 Å². The van der Waals surface area contributed by atoms with E-state index < -0.39 is 0 Å². The van der Waals surface area contributed by atoms with Gasteiger partial charge in [0.2, 0.25) is 0 Å². The van der Waals surface area contributed by atoms with E-state index >= 15 is 0 Å². The van der Waals surface area contributed by atoms with Crippen molar-refractivity contribution in [3.63, 3.8) is 0 Å². The molecule has 1 aromatic heterocycles. The van der Waals surface area contributed by atoms with E-state index in [2.05, 4.69) is 39.8 Å². The number of allylic oxidation sites excluding steroid dienone is 2. The summed E-state index contributed by atoms with van der Waals surface area (Å²) in [5.74, 6) is 0.762. The fraction of sp³-hybridized carbons (Fsp3) is 0.333. The van der Waals surface area contributed by atoms with Crippen molar-refractivity contribution in [1.29, 1.82) is 0 Å². The van der Waals surface area contributed by atoms with Crippen LogP contribution in [0, 0.1) is 5.92 Å². The highest BCUT2D eigenvalue weighted by molar-refractivity contribution is 5.48. The highest BCUT2D eigenvalue weighted by Gasteiger charge is 2.09. The summed E-state index contributed by atoms with van der Waals surface area (Å²) >= 11 is 0. The minimum atomic E-state index is 0.762. The monoisotopic (exact) mass is 254 g/mol. The molecule has 0 amide bonds. The Hall–Kier alpha value is -2.10. The van der Waals surface area contributed by atoms with Crippen LogP contribution in [0.15, 0.2) is 48.8 Å². The van der Waals surface area contributed by atoms with E-state index in [1.807, 2.05) is 12.1 Å². The topological polar surface area (TPSA) is 42.7 Å². The average Bonchev–Trinajstić information content (AvgIpc) is 3.01. The largest absolute Gasteiger partial charge is 0.385 e. The Morgan fingerprint density at radius 2 is 1.89 bits per heavy atom. The Balaban J connectivity index is 1.58. The molecule has 0 radical (unpaired) electrons. The first-order valence-electron chi connectivity index (χ1n) is 6.77. The number of hydrogen-bond acceptors (Lipinski definition) is 3. The van der Waals surface area contributed by atoms with Gasteiger partial charge in [-0.2, -0.15) is 15.0 Å². The van der Waals surface area contributed by atoms with Crippen LogP contribution in [0.1, 0.15) is 19.3 Å². The van der Waals surface area contributed by atoms with Crippen molar-refractivity contribution in [2.24, 2.45) is 5.92 Å². The van der Waals surface area contributed by atoms with Gasteiger partial charge in [0.15, 0.2) is 0 Å². The van der Waals surface area contributed by atoms with Gasteiger partial charge in [0, 0.05) is 12.2 Å². The Morgan fingerprint density at radius 1 is 1.11 bits per heavy atom. The highest BCUT2D eigenvalue weighted by Crippen LogP contribution is 2.19. The molecule has 1 unspecified atom stereocenters. The Bertz CT molecular complexity index is 528. The van der Waals surface area contributed by atoms with E-state index in [1.54, 1.807) is 17.2 Å². The van der Waals surface area contributed by atoms with Gasteiger partial charge in [0.05, 0.1) is 18.1 Å². The first-order valence-corrected chi connectivity index (χ1v) is 6.77. The number of hydrogen-bond donors (Lipinski definition) is 1. The first-order chi connectivity index (χ1) is 9.42. The van der Waals surface area contributed by atoms with Gasteiger partial charge in [0.1, 0.15) is 0 Å². The maximum absolute atomic E-state index is 4.11. The average molecular weight is 254 g/mol. The van der Waals surface area contributed by atoms with Crippen LogP contribution in [0.5, 0.6) is 0 Å². The Kier molecular flexibility index (Phi) is 3.58. The molecule has 1 N–H and O–H groups in total. The van der Waals surface area contributed by atoms with Crippen LogP contribution in [0.2, 0.25) is 0 Å². The second kappa shape index (κ2) is 5.69. The maximum atomic E-state index is 4.11. The number of benzene rings is 1. The molecule has 1 atom stereocenters. The summed E-state index contributed by atoms with van der Waals surface area (Å²) in [4.78, 5) is 1.62. The summed E-state index contributed by atoms with van der Waals surface area (Å²) in [5.41, 5.74) is 2.14. The van der Waals surface area contributed by atoms with Gasteiger partial charge in [0.25, 0.3) is 0 Å². The van der Waals surface area contributed by atoms with E-state index in [0.29, 0.717) is 0 Å². The molecular weight excluding hydrogens is 236 g/mol. The third kappa shape index (κ3) is 3.02. The van der Waals surface area contributed by atoms with Crippen LogP contribution >= 0.6 is 0 Å². The number of anilines is 1. The summed E-state index contributed by atoms with van der Waals surface area (Å²) < 4.78 is 0. The predicted molar refractivity (Wildman–Crippen MR) is 76.3 cm³/mol. The normalized spacial score (nSPS) is 18.4. The summed E-state index contributed by atoms with van der Waals surface area (Å²) in [7, 11) is 0. The summed E-state index contributed by atoms with van der Waals surface area (Å²) in [6.07, 6.45) is 11.6. The quantitative estimate of drug-likeness (QED) is 0.853. The molecule has 1 aliphatic rings. The lowest BCUT2D eigenvalue weighted by Crippen LogP contribution is -2.15. The fourth-order valence-electron chi connectivity index (χ4n) is 2.37. The number of nitrogens with zero attached hydrogens (tertiary/aromatic N) is 3. The van der Waals surface area contributed by atoms with Crippen molar-refractivity contribution in [1.82, 2.24) is 15.0 Å². The smallest absolute Gasteiger partial charge is 0.0858 e. The molecule has 0 spiro atoms. The van der Waals surface area contributed by atoms with Crippen molar-refractivity contribution in [3.8, 4) is 5.69 Å².